The zero-order valence-corrected chi connectivity index (χ0v) is 13.6. The van der Waals surface area contributed by atoms with Gasteiger partial charge in [-0.25, -0.2) is 16.8 Å². The molecule has 1 amide bonds. The second-order valence-corrected chi connectivity index (χ2v) is 9.41. The Hall–Kier alpha value is -0.670. The minimum atomic E-state index is -3.63. The predicted octanol–water partition coefficient (Wildman–Crippen LogP) is -0.650. The first-order valence-electron chi connectivity index (χ1n) is 6.51. The van der Waals surface area contributed by atoms with Gasteiger partial charge in [-0.3, -0.25) is 4.79 Å². The minimum Gasteiger partial charge on any atom is -0.353 e. The van der Waals surface area contributed by atoms with Crippen LogP contribution in [0.1, 0.15) is 26.7 Å². The van der Waals surface area contributed by atoms with Crippen LogP contribution in [0.3, 0.4) is 0 Å². The molecule has 118 valence electrons. The van der Waals surface area contributed by atoms with Crippen LogP contribution in [-0.4, -0.2) is 63.4 Å². The van der Waals surface area contributed by atoms with E-state index in [2.05, 4.69) is 5.32 Å². The molecule has 7 nitrogen and oxygen atoms in total. The molecule has 0 aromatic rings. The van der Waals surface area contributed by atoms with Crippen molar-refractivity contribution in [2.45, 2.75) is 38.8 Å². The van der Waals surface area contributed by atoms with Gasteiger partial charge in [0, 0.05) is 12.1 Å². The van der Waals surface area contributed by atoms with Gasteiger partial charge >= 0.3 is 0 Å². The number of rotatable bonds is 6. The summed E-state index contributed by atoms with van der Waals surface area (Å²) in [5.74, 6) is -0.651. The standard InChI is InChI=1S/C11H22N2O5S2/c1-4-9(2)12-11(14)7-13(19(3,15)16)10-5-6-20(17,18)8-10/h9-10H,4-8H2,1-3H3,(H,12,14). The van der Waals surface area contributed by atoms with Crippen LogP contribution in [0.25, 0.3) is 0 Å². The van der Waals surface area contributed by atoms with Gasteiger partial charge in [0.1, 0.15) is 0 Å². The van der Waals surface area contributed by atoms with Gasteiger partial charge in [0.05, 0.1) is 24.3 Å². The number of hydrogen-bond acceptors (Lipinski definition) is 5. The fraction of sp³-hybridized carbons (Fsp3) is 0.909. The van der Waals surface area contributed by atoms with E-state index in [9.17, 15) is 21.6 Å². The lowest BCUT2D eigenvalue weighted by molar-refractivity contribution is -0.122. The first kappa shape index (κ1) is 17.4. The third-order valence-electron chi connectivity index (χ3n) is 3.36. The molecule has 2 unspecified atom stereocenters. The molecule has 1 fully saturated rings. The number of amides is 1. The Labute approximate surface area is 120 Å². The zero-order chi connectivity index (χ0) is 15.6. The summed E-state index contributed by atoms with van der Waals surface area (Å²) in [7, 11) is -6.83. The lowest BCUT2D eigenvalue weighted by Gasteiger charge is -2.25. The van der Waals surface area contributed by atoms with E-state index in [1.807, 2.05) is 13.8 Å². The highest BCUT2D eigenvalue weighted by Crippen LogP contribution is 2.19. The van der Waals surface area contributed by atoms with Gasteiger partial charge in [-0.2, -0.15) is 4.31 Å². The summed E-state index contributed by atoms with van der Waals surface area (Å²) in [4.78, 5) is 11.8. The summed E-state index contributed by atoms with van der Waals surface area (Å²) in [6.07, 6.45) is 1.98. The molecule has 0 aromatic carbocycles. The largest absolute Gasteiger partial charge is 0.353 e. The summed E-state index contributed by atoms with van der Waals surface area (Å²) < 4.78 is 47.5. The third kappa shape index (κ3) is 5.02. The van der Waals surface area contributed by atoms with Crippen LogP contribution in [-0.2, 0) is 24.7 Å². The van der Waals surface area contributed by atoms with Crippen molar-refractivity contribution >= 4 is 25.8 Å². The number of carbonyl (C=O) groups is 1. The molecule has 0 radical (unpaired) electrons. The molecule has 1 aliphatic rings. The number of sulfone groups is 1. The van der Waals surface area contributed by atoms with E-state index in [1.165, 1.54) is 0 Å². The van der Waals surface area contributed by atoms with Crippen molar-refractivity contribution in [1.29, 1.82) is 0 Å². The maximum absolute atomic E-state index is 11.8. The number of hydrogen-bond donors (Lipinski definition) is 1. The Morgan fingerprint density at radius 2 is 2.05 bits per heavy atom. The molecule has 0 aliphatic carbocycles. The lowest BCUT2D eigenvalue weighted by Crippen LogP contribution is -2.47. The topological polar surface area (TPSA) is 101 Å². The first-order valence-corrected chi connectivity index (χ1v) is 10.2. The summed E-state index contributed by atoms with van der Waals surface area (Å²) in [5.41, 5.74) is 0. The van der Waals surface area contributed by atoms with Crippen molar-refractivity contribution in [2.24, 2.45) is 0 Å². The highest BCUT2D eigenvalue weighted by Gasteiger charge is 2.37. The van der Waals surface area contributed by atoms with Crippen molar-refractivity contribution < 1.29 is 21.6 Å². The van der Waals surface area contributed by atoms with Crippen molar-refractivity contribution in [3.63, 3.8) is 0 Å². The Morgan fingerprint density at radius 3 is 2.45 bits per heavy atom. The highest BCUT2D eigenvalue weighted by molar-refractivity contribution is 7.92. The number of nitrogens with zero attached hydrogens (tertiary/aromatic N) is 1. The number of nitrogens with one attached hydrogen (secondary N) is 1. The molecular formula is C11H22N2O5S2. The van der Waals surface area contributed by atoms with E-state index < -0.39 is 31.8 Å². The highest BCUT2D eigenvalue weighted by atomic mass is 32.2. The van der Waals surface area contributed by atoms with Gasteiger partial charge in [0.15, 0.2) is 9.84 Å². The van der Waals surface area contributed by atoms with Gasteiger partial charge in [-0.1, -0.05) is 6.92 Å². The SMILES string of the molecule is CCC(C)NC(=O)CN(C1CCS(=O)(=O)C1)S(C)(=O)=O. The monoisotopic (exact) mass is 326 g/mol. The summed E-state index contributed by atoms with van der Waals surface area (Å²) in [6.45, 7) is 3.40. The quantitative estimate of drug-likeness (QED) is 0.699. The molecule has 1 heterocycles. The Morgan fingerprint density at radius 1 is 1.45 bits per heavy atom. The van der Waals surface area contributed by atoms with Crippen LogP contribution in [0.15, 0.2) is 0 Å². The molecule has 1 saturated heterocycles. The molecule has 1 aliphatic heterocycles. The third-order valence-corrected chi connectivity index (χ3v) is 6.39. The molecule has 1 N–H and O–H groups in total. The van der Waals surface area contributed by atoms with E-state index in [-0.39, 0.29) is 30.5 Å². The summed E-state index contributed by atoms with van der Waals surface area (Å²) >= 11 is 0. The molecule has 0 saturated carbocycles. The van der Waals surface area contributed by atoms with E-state index >= 15 is 0 Å². The molecule has 0 aromatic heterocycles. The minimum absolute atomic E-state index is 0.0311. The molecule has 20 heavy (non-hydrogen) atoms. The van der Waals surface area contributed by atoms with Crippen LogP contribution in [0, 0.1) is 0 Å². The predicted molar refractivity (Wildman–Crippen MR) is 76.5 cm³/mol. The maximum atomic E-state index is 11.8. The van der Waals surface area contributed by atoms with Crippen LogP contribution < -0.4 is 5.32 Å². The summed E-state index contributed by atoms with van der Waals surface area (Å²) in [6, 6.07) is -0.686. The van der Waals surface area contributed by atoms with Gasteiger partial charge in [0.2, 0.25) is 15.9 Å². The average molecular weight is 326 g/mol. The van der Waals surface area contributed by atoms with Gasteiger partial charge in [-0.15, -0.1) is 0 Å². The normalized spacial score (nSPS) is 23.7. The van der Waals surface area contributed by atoms with Crippen molar-refractivity contribution in [1.82, 2.24) is 9.62 Å². The molecule has 1 rings (SSSR count). The lowest BCUT2D eigenvalue weighted by atomic mass is 10.2. The van der Waals surface area contributed by atoms with E-state index in [1.54, 1.807) is 0 Å². The maximum Gasteiger partial charge on any atom is 0.235 e. The van der Waals surface area contributed by atoms with Gasteiger partial charge in [-0.05, 0) is 19.8 Å². The van der Waals surface area contributed by atoms with Crippen LogP contribution in [0.5, 0.6) is 0 Å². The van der Waals surface area contributed by atoms with Crippen molar-refractivity contribution in [3.8, 4) is 0 Å². The Balaban J connectivity index is 2.80. The smallest absolute Gasteiger partial charge is 0.235 e. The number of sulfonamides is 1. The fourth-order valence-corrected chi connectivity index (χ4v) is 4.98. The Bertz CT molecular complexity index is 555. The number of carbonyl (C=O) groups excluding carboxylic acids is 1. The van der Waals surface area contributed by atoms with Crippen molar-refractivity contribution in [2.75, 3.05) is 24.3 Å². The second-order valence-electron chi connectivity index (χ2n) is 5.24. The zero-order valence-electron chi connectivity index (χ0n) is 12.0. The van der Waals surface area contributed by atoms with Gasteiger partial charge < -0.3 is 5.32 Å². The molecule has 2 atom stereocenters. The average Bonchev–Trinajstić information content (AvgIpc) is 2.64. The molecule has 0 bridgehead atoms. The summed E-state index contributed by atoms with van der Waals surface area (Å²) in [5, 5.41) is 2.68. The first-order chi connectivity index (χ1) is 9.05. The van der Waals surface area contributed by atoms with Gasteiger partial charge in [0.25, 0.3) is 0 Å². The van der Waals surface area contributed by atoms with E-state index in [4.69, 9.17) is 0 Å². The fourth-order valence-electron chi connectivity index (χ4n) is 2.08. The molecule has 9 heteroatoms. The van der Waals surface area contributed by atoms with Crippen molar-refractivity contribution in [3.05, 3.63) is 0 Å². The second kappa shape index (κ2) is 6.40. The Kier molecular flexibility index (Phi) is 5.56. The van der Waals surface area contributed by atoms with E-state index in [0.29, 0.717) is 0 Å². The van der Waals surface area contributed by atoms with Crippen LogP contribution >= 0.6 is 0 Å². The molecule has 0 spiro atoms. The van der Waals surface area contributed by atoms with Crippen LogP contribution in [0.4, 0.5) is 0 Å². The molecular weight excluding hydrogens is 304 g/mol. The van der Waals surface area contributed by atoms with Crippen LogP contribution in [0.2, 0.25) is 0 Å². The van der Waals surface area contributed by atoms with E-state index in [0.717, 1.165) is 17.0 Å².